The lowest BCUT2D eigenvalue weighted by molar-refractivity contribution is -0.112. The van der Waals surface area contributed by atoms with E-state index >= 15 is 0 Å². The summed E-state index contributed by atoms with van der Waals surface area (Å²) in [6.45, 7) is 9.31. The molecule has 0 bridgehead atoms. The molecule has 0 saturated carbocycles. The summed E-state index contributed by atoms with van der Waals surface area (Å²) in [6, 6.07) is 0. The van der Waals surface area contributed by atoms with Crippen LogP contribution in [0.1, 0.15) is 53.9 Å². The summed E-state index contributed by atoms with van der Waals surface area (Å²) in [5.74, 6) is -0.00971. The molecule has 16 heavy (non-hydrogen) atoms. The smallest absolute Gasteiger partial charge is 0.154 e. The first-order chi connectivity index (χ1) is 7.27. The standard InChI is InChI=1S/C12H23NO2S/c1-6-7-8-11(9-10(2)14)13-16(15)12(3,4)5/h9,13H,6-8H2,1-5H3. The Morgan fingerprint density at radius 3 is 2.38 bits per heavy atom. The predicted octanol–water partition coefficient (Wildman–Crippen LogP) is 2.70. The average Bonchev–Trinajstić information content (AvgIpc) is 2.11. The Morgan fingerprint density at radius 1 is 1.44 bits per heavy atom. The summed E-state index contributed by atoms with van der Waals surface area (Å²) in [6.07, 6.45) is 4.36. The third-order valence-corrected chi connectivity index (χ3v) is 3.52. The predicted molar refractivity (Wildman–Crippen MR) is 69.3 cm³/mol. The van der Waals surface area contributed by atoms with Gasteiger partial charge in [0, 0.05) is 6.08 Å². The lowest BCUT2D eigenvalue weighted by Crippen LogP contribution is -2.39. The molecule has 0 fully saturated rings. The number of hydrogen-bond donors (Lipinski definition) is 1. The van der Waals surface area contributed by atoms with Gasteiger partial charge in [-0.3, -0.25) is 4.79 Å². The molecule has 0 spiro atoms. The number of rotatable bonds is 6. The highest BCUT2D eigenvalue weighted by Crippen LogP contribution is 2.16. The zero-order chi connectivity index (χ0) is 12.8. The van der Waals surface area contributed by atoms with Crippen molar-refractivity contribution in [3.8, 4) is 0 Å². The Labute approximate surface area is 102 Å². The summed E-state index contributed by atoms with van der Waals surface area (Å²) in [7, 11) is 0. The van der Waals surface area contributed by atoms with Crippen molar-refractivity contribution in [2.45, 2.75) is 58.6 Å². The molecule has 0 radical (unpaired) electrons. The highest BCUT2D eigenvalue weighted by molar-refractivity contribution is 7.90. The van der Waals surface area contributed by atoms with Crippen molar-refractivity contribution in [2.24, 2.45) is 0 Å². The van der Waals surface area contributed by atoms with Crippen LogP contribution < -0.4 is 4.72 Å². The maximum Gasteiger partial charge on any atom is 0.154 e. The van der Waals surface area contributed by atoms with Gasteiger partial charge in [-0.2, -0.15) is 0 Å². The van der Waals surface area contributed by atoms with E-state index in [1.54, 1.807) is 6.08 Å². The van der Waals surface area contributed by atoms with Gasteiger partial charge in [0.05, 0.1) is 17.1 Å². The van der Waals surface area contributed by atoms with Gasteiger partial charge in [-0.05, 0) is 40.5 Å². The van der Waals surface area contributed by atoms with Gasteiger partial charge in [-0.15, -0.1) is 0 Å². The first-order valence-corrected chi connectivity index (χ1v) is 6.82. The Balaban J connectivity index is 4.49. The van der Waals surface area contributed by atoms with E-state index < -0.39 is 11.4 Å². The summed E-state index contributed by atoms with van der Waals surface area (Å²) in [5, 5.41) is 0. The van der Waals surface area contributed by atoms with Crippen LogP contribution in [-0.2, 0) is 16.2 Å². The lowest BCUT2D eigenvalue weighted by atomic mass is 10.2. The van der Waals surface area contributed by atoms with Crippen molar-refractivity contribution >= 4 is 17.1 Å². The summed E-state index contributed by atoms with van der Waals surface area (Å²) in [4.78, 5) is 11.0. The third kappa shape index (κ3) is 6.90. The summed E-state index contributed by atoms with van der Waals surface area (Å²) in [5.41, 5.74) is 0.780. The van der Waals surface area contributed by atoms with Crippen molar-refractivity contribution in [3.63, 3.8) is 0 Å². The van der Waals surface area contributed by atoms with Crippen molar-refractivity contribution < 1.29 is 9.35 Å². The second kappa shape index (κ2) is 6.97. The zero-order valence-electron chi connectivity index (χ0n) is 10.9. The Hall–Kier alpha value is -0.480. The Bertz CT molecular complexity index is 256. The fraction of sp³-hybridized carbons (Fsp3) is 0.750. The lowest BCUT2D eigenvalue weighted by Gasteiger charge is -2.25. The molecule has 0 aliphatic rings. The van der Waals surface area contributed by atoms with Gasteiger partial charge in [0.15, 0.2) is 5.78 Å². The molecule has 1 N–H and O–H groups in total. The molecule has 0 aromatic carbocycles. The molecule has 4 heteroatoms. The maximum absolute atomic E-state index is 11.9. The largest absolute Gasteiger partial charge is 0.593 e. The van der Waals surface area contributed by atoms with Crippen LogP contribution in [0.5, 0.6) is 0 Å². The van der Waals surface area contributed by atoms with Crippen LogP contribution in [0.25, 0.3) is 0 Å². The van der Waals surface area contributed by atoms with Crippen LogP contribution in [-0.4, -0.2) is 15.1 Å². The minimum Gasteiger partial charge on any atom is -0.593 e. The van der Waals surface area contributed by atoms with Gasteiger partial charge >= 0.3 is 0 Å². The molecule has 0 amide bonds. The van der Waals surface area contributed by atoms with Crippen molar-refractivity contribution in [1.29, 1.82) is 0 Å². The van der Waals surface area contributed by atoms with E-state index in [0.717, 1.165) is 25.0 Å². The quantitative estimate of drug-likeness (QED) is 0.578. The maximum atomic E-state index is 11.9. The highest BCUT2D eigenvalue weighted by Gasteiger charge is 2.27. The van der Waals surface area contributed by atoms with Crippen LogP contribution in [0.2, 0.25) is 0 Å². The molecule has 1 unspecified atom stereocenters. The number of unbranched alkanes of at least 4 members (excludes halogenated alkanes) is 1. The molecule has 1 atom stereocenters. The minimum atomic E-state index is -1.16. The van der Waals surface area contributed by atoms with Crippen molar-refractivity contribution in [2.75, 3.05) is 0 Å². The normalized spacial score (nSPS) is 14.8. The number of nitrogens with one attached hydrogen (secondary N) is 1. The van der Waals surface area contributed by atoms with E-state index in [-0.39, 0.29) is 10.5 Å². The second-order valence-electron chi connectivity index (χ2n) is 4.87. The van der Waals surface area contributed by atoms with E-state index in [1.807, 2.05) is 20.8 Å². The van der Waals surface area contributed by atoms with Gasteiger partial charge in [-0.1, -0.05) is 13.3 Å². The number of carbonyl (C=O) groups excluding carboxylic acids is 1. The van der Waals surface area contributed by atoms with Gasteiger partial charge < -0.3 is 4.55 Å². The molecule has 0 saturated heterocycles. The van der Waals surface area contributed by atoms with E-state index in [1.165, 1.54) is 6.92 Å². The van der Waals surface area contributed by atoms with Gasteiger partial charge in [0.1, 0.15) is 4.75 Å². The third-order valence-electron chi connectivity index (χ3n) is 1.96. The van der Waals surface area contributed by atoms with Crippen molar-refractivity contribution in [3.05, 3.63) is 11.8 Å². The first kappa shape index (κ1) is 15.5. The number of ketones is 1. The second-order valence-corrected chi connectivity index (χ2v) is 6.83. The van der Waals surface area contributed by atoms with Gasteiger partial charge in [-0.25, -0.2) is 4.72 Å². The van der Waals surface area contributed by atoms with Crippen LogP contribution >= 0.6 is 0 Å². The van der Waals surface area contributed by atoms with Crippen molar-refractivity contribution in [1.82, 2.24) is 4.72 Å². The van der Waals surface area contributed by atoms with Gasteiger partial charge in [0.2, 0.25) is 0 Å². The first-order valence-electron chi connectivity index (χ1n) is 5.67. The molecule has 0 aliphatic heterocycles. The van der Waals surface area contributed by atoms with Gasteiger partial charge in [0.25, 0.3) is 0 Å². The van der Waals surface area contributed by atoms with Crippen LogP contribution in [0.15, 0.2) is 11.8 Å². The zero-order valence-corrected chi connectivity index (χ0v) is 11.7. The topological polar surface area (TPSA) is 52.2 Å². The number of allylic oxidation sites excluding steroid dienone is 2. The van der Waals surface area contributed by atoms with E-state index in [2.05, 4.69) is 11.6 Å². The molecule has 0 aromatic rings. The Kier molecular flexibility index (Phi) is 6.76. The molecule has 0 heterocycles. The fourth-order valence-corrected chi connectivity index (χ4v) is 1.74. The van der Waals surface area contributed by atoms with Crippen LogP contribution in [0.4, 0.5) is 0 Å². The molecular formula is C12H23NO2S. The molecule has 94 valence electrons. The fourth-order valence-electron chi connectivity index (χ4n) is 1.04. The van der Waals surface area contributed by atoms with E-state index in [9.17, 15) is 9.35 Å². The molecule has 0 rings (SSSR count). The monoisotopic (exact) mass is 245 g/mol. The number of carbonyl (C=O) groups is 1. The van der Waals surface area contributed by atoms with E-state index in [4.69, 9.17) is 0 Å². The Morgan fingerprint density at radius 2 is 2.00 bits per heavy atom. The minimum absolute atomic E-state index is 0.00971. The van der Waals surface area contributed by atoms with E-state index in [0.29, 0.717) is 0 Å². The summed E-state index contributed by atoms with van der Waals surface area (Å²) >= 11 is -1.16. The van der Waals surface area contributed by atoms with Crippen LogP contribution in [0.3, 0.4) is 0 Å². The molecule has 0 aromatic heterocycles. The SMILES string of the molecule is CCCCC(=CC(C)=O)N[S+]([O-])C(C)(C)C. The van der Waals surface area contributed by atoms with Crippen LogP contribution in [0, 0.1) is 0 Å². The summed E-state index contributed by atoms with van der Waals surface area (Å²) < 4.78 is 14.5. The average molecular weight is 245 g/mol. The number of hydrogen-bond acceptors (Lipinski definition) is 3. The molecule has 3 nitrogen and oxygen atoms in total. The molecule has 0 aliphatic carbocycles. The highest BCUT2D eigenvalue weighted by atomic mass is 32.2. The molecular weight excluding hydrogens is 222 g/mol.